The molecule has 2 aromatic rings. The molecule has 0 bridgehead atoms. The van der Waals surface area contributed by atoms with E-state index >= 15 is 0 Å². The summed E-state index contributed by atoms with van der Waals surface area (Å²) in [7, 11) is 0. The zero-order chi connectivity index (χ0) is 17.2. The second-order valence-electron chi connectivity index (χ2n) is 7.26. The van der Waals surface area contributed by atoms with Gasteiger partial charge in [0.15, 0.2) is 0 Å². The minimum Gasteiger partial charge on any atom is -0.342 e. The second-order valence-corrected chi connectivity index (χ2v) is 7.26. The van der Waals surface area contributed by atoms with E-state index in [9.17, 15) is 4.79 Å². The molecule has 25 heavy (non-hydrogen) atoms. The highest BCUT2D eigenvalue weighted by atomic mass is 16.2. The minimum absolute atomic E-state index is 0.258. The van der Waals surface area contributed by atoms with Crippen LogP contribution in [0.3, 0.4) is 0 Å². The largest absolute Gasteiger partial charge is 0.342 e. The van der Waals surface area contributed by atoms with Crippen LogP contribution in [0.25, 0.3) is 0 Å². The molecular weight excluding hydrogens is 312 g/mol. The van der Waals surface area contributed by atoms with Gasteiger partial charge in [-0.2, -0.15) is 0 Å². The molecule has 0 saturated carbocycles. The Balaban J connectivity index is 1.35. The van der Waals surface area contributed by atoms with E-state index in [1.165, 1.54) is 36.0 Å². The highest BCUT2D eigenvalue weighted by Gasteiger charge is 2.26. The van der Waals surface area contributed by atoms with E-state index < -0.39 is 0 Å². The number of amides is 1. The van der Waals surface area contributed by atoms with Crippen LogP contribution in [0.5, 0.6) is 0 Å². The summed E-state index contributed by atoms with van der Waals surface area (Å²) in [6.45, 7) is 4.66. The summed E-state index contributed by atoms with van der Waals surface area (Å²) in [5.41, 5.74) is 4.08. The minimum atomic E-state index is 0.258. The molecule has 1 aromatic carbocycles. The molecule has 0 N–H and O–H groups in total. The third kappa shape index (κ3) is 3.32. The molecule has 0 radical (unpaired) electrons. The third-order valence-electron chi connectivity index (χ3n) is 5.72. The fourth-order valence-electron chi connectivity index (χ4n) is 4.23. The van der Waals surface area contributed by atoms with Crippen LogP contribution in [0.2, 0.25) is 0 Å². The van der Waals surface area contributed by atoms with Crippen LogP contribution in [0.4, 0.5) is 0 Å². The summed E-state index contributed by atoms with van der Waals surface area (Å²) < 4.78 is 2.12. The van der Waals surface area contributed by atoms with Crippen LogP contribution in [0.15, 0.2) is 24.5 Å². The Morgan fingerprint density at radius 3 is 2.80 bits per heavy atom. The number of hydrogen-bond donors (Lipinski definition) is 0. The van der Waals surface area contributed by atoms with Crippen molar-refractivity contribution in [1.82, 2.24) is 19.7 Å². The number of nitrogens with zero attached hydrogens (tertiary/aromatic N) is 4. The van der Waals surface area contributed by atoms with E-state index in [-0.39, 0.29) is 5.91 Å². The lowest BCUT2D eigenvalue weighted by Crippen LogP contribution is -2.39. The van der Waals surface area contributed by atoms with Crippen molar-refractivity contribution in [3.05, 3.63) is 47.0 Å². The van der Waals surface area contributed by atoms with Gasteiger partial charge in [-0.15, -0.1) is 10.2 Å². The van der Waals surface area contributed by atoms with Crippen molar-refractivity contribution in [3.8, 4) is 0 Å². The molecule has 1 aliphatic carbocycles. The molecule has 5 nitrogen and oxygen atoms in total. The Morgan fingerprint density at radius 2 is 2.00 bits per heavy atom. The van der Waals surface area contributed by atoms with E-state index in [1.54, 1.807) is 6.33 Å². The van der Waals surface area contributed by atoms with Gasteiger partial charge in [0.1, 0.15) is 12.2 Å². The first kappa shape index (κ1) is 16.3. The van der Waals surface area contributed by atoms with Gasteiger partial charge in [-0.3, -0.25) is 4.79 Å². The van der Waals surface area contributed by atoms with Gasteiger partial charge in [-0.1, -0.05) is 18.2 Å². The summed E-state index contributed by atoms with van der Waals surface area (Å²) >= 11 is 0. The molecule has 1 fully saturated rings. The highest BCUT2D eigenvalue weighted by molar-refractivity contribution is 5.79. The van der Waals surface area contributed by atoms with Crippen LogP contribution >= 0.6 is 0 Å². The van der Waals surface area contributed by atoms with Gasteiger partial charge in [-0.05, 0) is 55.7 Å². The van der Waals surface area contributed by atoms with Gasteiger partial charge in [0.2, 0.25) is 5.91 Å². The van der Waals surface area contributed by atoms with Crippen molar-refractivity contribution < 1.29 is 4.79 Å². The Labute approximate surface area is 149 Å². The predicted molar refractivity (Wildman–Crippen MR) is 96.4 cm³/mol. The standard InChI is InChI=1S/C20H26N4O/c1-2-23-14-21-22-20(23)17-8-10-24(11-9-17)19(25)13-15-6-7-16-4-3-5-18(16)12-15/h6-7,12,14,17H,2-5,8-11,13H2,1H3. The maximum absolute atomic E-state index is 12.7. The number of rotatable bonds is 4. The van der Waals surface area contributed by atoms with E-state index in [2.05, 4.69) is 39.9 Å². The van der Waals surface area contributed by atoms with Gasteiger partial charge in [0.05, 0.1) is 6.42 Å². The molecule has 5 heteroatoms. The van der Waals surface area contributed by atoms with E-state index in [1.807, 2.05) is 4.90 Å². The van der Waals surface area contributed by atoms with E-state index in [0.717, 1.165) is 38.3 Å². The van der Waals surface area contributed by atoms with Crippen LogP contribution in [-0.4, -0.2) is 38.7 Å². The topological polar surface area (TPSA) is 51.0 Å². The Kier molecular flexibility index (Phi) is 4.55. The van der Waals surface area contributed by atoms with Crippen molar-refractivity contribution in [2.45, 2.75) is 57.9 Å². The first-order chi connectivity index (χ1) is 12.2. The van der Waals surface area contributed by atoms with Crippen molar-refractivity contribution in [1.29, 1.82) is 0 Å². The molecule has 2 aliphatic rings. The van der Waals surface area contributed by atoms with Crippen molar-refractivity contribution >= 4 is 5.91 Å². The Bertz CT molecular complexity index is 759. The van der Waals surface area contributed by atoms with Gasteiger partial charge in [0.25, 0.3) is 0 Å². The average molecular weight is 338 g/mol. The zero-order valence-electron chi connectivity index (χ0n) is 14.9. The SMILES string of the molecule is CCn1cnnc1C1CCN(C(=O)Cc2ccc3c(c2)CCC3)CC1. The molecule has 2 heterocycles. The van der Waals surface area contributed by atoms with Crippen molar-refractivity contribution in [2.75, 3.05) is 13.1 Å². The molecule has 132 valence electrons. The normalized spacial score (nSPS) is 17.7. The molecule has 0 unspecified atom stereocenters. The average Bonchev–Trinajstić information content (AvgIpc) is 3.30. The predicted octanol–water partition coefficient (Wildman–Crippen LogP) is 2.74. The number of carbonyl (C=O) groups excluding carboxylic acids is 1. The zero-order valence-corrected chi connectivity index (χ0v) is 14.9. The lowest BCUT2D eigenvalue weighted by atomic mass is 9.95. The van der Waals surface area contributed by atoms with Gasteiger partial charge < -0.3 is 9.47 Å². The monoisotopic (exact) mass is 338 g/mol. The molecule has 1 saturated heterocycles. The number of aryl methyl sites for hydroxylation is 3. The lowest BCUT2D eigenvalue weighted by molar-refractivity contribution is -0.131. The van der Waals surface area contributed by atoms with E-state index in [4.69, 9.17) is 0 Å². The maximum Gasteiger partial charge on any atom is 0.226 e. The van der Waals surface area contributed by atoms with Gasteiger partial charge in [0, 0.05) is 25.6 Å². The Morgan fingerprint density at radius 1 is 1.20 bits per heavy atom. The number of likely N-dealkylation sites (tertiary alicyclic amines) is 1. The second kappa shape index (κ2) is 6.98. The highest BCUT2D eigenvalue weighted by Crippen LogP contribution is 2.27. The molecule has 1 aliphatic heterocycles. The summed E-state index contributed by atoms with van der Waals surface area (Å²) in [5, 5.41) is 8.33. The summed E-state index contributed by atoms with van der Waals surface area (Å²) in [4.78, 5) is 14.7. The molecule has 0 atom stereocenters. The number of piperidine rings is 1. The maximum atomic E-state index is 12.7. The number of hydrogen-bond acceptors (Lipinski definition) is 3. The van der Waals surface area contributed by atoms with Crippen LogP contribution in [-0.2, 0) is 30.6 Å². The smallest absolute Gasteiger partial charge is 0.226 e. The molecular formula is C20H26N4O. The fraction of sp³-hybridized carbons (Fsp3) is 0.550. The number of fused-ring (bicyclic) bond motifs is 1. The Hall–Kier alpha value is -2.17. The third-order valence-corrected chi connectivity index (χ3v) is 5.72. The van der Waals surface area contributed by atoms with Crippen LogP contribution < -0.4 is 0 Å². The summed E-state index contributed by atoms with van der Waals surface area (Å²) in [5.74, 6) is 1.76. The first-order valence-electron chi connectivity index (χ1n) is 9.50. The molecule has 1 amide bonds. The van der Waals surface area contributed by atoms with Crippen LogP contribution in [0, 0.1) is 0 Å². The summed E-state index contributed by atoms with van der Waals surface area (Å²) in [6.07, 6.45) is 7.91. The van der Waals surface area contributed by atoms with Gasteiger partial charge in [-0.25, -0.2) is 0 Å². The lowest BCUT2D eigenvalue weighted by Gasteiger charge is -2.31. The van der Waals surface area contributed by atoms with Crippen molar-refractivity contribution in [3.63, 3.8) is 0 Å². The number of aromatic nitrogens is 3. The quantitative estimate of drug-likeness (QED) is 0.861. The molecule has 4 rings (SSSR count). The summed E-state index contributed by atoms with van der Waals surface area (Å²) in [6, 6.07) is 6.60. The van der Waals surface area contributed by atoms with Crippen LogP contribution in [0.1, 0.15) is 54.6 Å². The van der Waals surface area contributed by atoms with Gasteiger partial charge >= 0.3 is 0 Å². The molecule has 0 spiro atoms. The molecule has 1 aromatic heterocycles. The number of benzene rings is 1. The van der Waals surface area contributed by atoms with E-state index in [0.29, 0.717) is 12.3 Å². The van der Waals surface area contributed by atoms with Crippen molar-refractivity contribution in [2.24, 2.45) is 0 Å². The fourth-order valence-corrected chi connectivity index (χ4v) is 4.23. The number of carbonyl (C=O) groups is 1. The first-order valence-corrected chi connectivity index (χ1v) is 9.50.